The average molecular weight is 303 g/mol. The molecule has 0 radical (unpaired) electrons. The topological polar surface area (TPSA) is 0 Å². The van der Waals surface area contributed by atoms with E-state index < -0.39 is 0 Å². The summed E-state index contributed by atoms with van der Waals surface area (Å²) >= 11 is 5.75. The maximum absolute atomic E-state index is 3.33. The molecule has 0 spiro atoms. The van der Waals surface area contributed by atoms with Crippen LogP contribution in [-0.2, 0) is 0 Å². The fourth-order valence-corrected chi connectivity index (χ4v) is 1.34. The summed E-state index contributed by atoms with van der Waals surface area (Å²) in [5.41, 5.74) is 0. The molecule has 0 aromatic heterocycles. The standard InChI is InChI=1S/C7H12BrI/c8-6-4-2-1-3-5-7-9/h2,4H,1,3,5-7H2. The maximum Gasteiger partial charge on any atom is 0.0212 e. The van der Waals surface area contributed by atoms with Crippen LogP contribution in [0.3, 0.4) is 0 Å². The van der Waals surface area contributed by atoms with E-state index in [1.54, 1.807) is 0 Å². The summed E-state index contributed by atoms with van der Waals surface area (Å²) < 4.78 is 1.29. The lowest BCUT2D eigenvalue weighted by Gasteiger charge is -1.88. The van der Waals surface area contributed by atoms with Gasteiger partial charge in [0.25, 0.3) is 0 Å². The molecule has 0 fully saturated rings. The second-order valence-electron chi connectivity index (χ2n) is 1.81. The SMILES string of the molecule is BrCC=CCCCCI. The molecular formula is C7H12BrI. The van der Waals surface area contributed by atoms with E-state index in [4.69, 9.17) is 0 Å². The van der Waals surface area contributed by atoms with Gasteiger partial charge >= 0.3 is 0 Å². The van der Waals surface area contributed by atoms with Crippen molar-refractivity contribution in [3.8, 4) is 0 Å². The maximum atomic E-state index is 3.33. The Labute approximate surface area is 79.4 Å². The first-order valence-corrected chi connectivity index (χ1v) is 5.83. The first-order chi connectivity index (χ1) is 4.41. The van der Waals surface area contributed by atoms with E-state index in [2.05, 4.69) is 50.7 Å². The predicted octanol–water partition coefficient (Wildman–Crippen LogP) is 3.54. The molecular weight excluding hydrogens is 291 g/mol. The minimum absolute atomic E-state index is 0.997. The van der Waals surface area contributed by atoms with Crippen molar-refractivity contribution in [1.29, 1.82) is 0 Å². The summed E-state index contributed by atoms with van der Waals surface area (Å²) in [7, 11) is 0. The van der Waals surface area contributed by atoms with Gasteiger partial charge in [0.2, 0.25) is 0 Å². The van der Waals surface area contributed by atoms with Gasteiger partial charge in [0.15, 0.2) is 0 Å². The van der Waals surface area contributed by atoms with Gasteiger partial charge in [-0.25, -0.2) is 0 Å². The van der Waals surface area contributed by atoms with E-state index in [1.165, 1.54) is 23.7 Å². The van der Waals surface area contributed by atoms with Gasteiger partial charge in [0.05, 0.1) is 0 Å². The Hall–Kier alpha value is 0.950. The molecule has 0 nitrogen and oxygen atoms in total. The van der Waals surface area contributed by atoms with Crippen molar-refractivity contribution in [3.05, 3.63) is 12.2 Å². The molecule has 54 valence electrons. The minimum Gasteiger partial charge on any atom is -0.0883 e. The van der Waals surface area contributed by atoms with E-state index in [0.29, 0.717) is 0 Å². The van der Waals surface area contributed by atoms with Crippen LogP contribution >= 0.6 is 38.5 Å². The largest absolute Gasteiger partial charge is 0.0883 e. The van der Waals surface area contributed by atoms with Crippen molar-refractivity contribution in [1.82, 2.24) is 0 Å². The number of unbranched alkanes of at least 4 members (excludes halogenated alkanes) is 2. The molecule has 0 saturated heterocycles. The zero-order chi connectivity index (χ0) is 6.95. The second kappa shape index (κ2) is 8.95. The quantitative estimate of drug-likeness (QED) is 0.315. The third kappa shape index (κ3) is 8.95. The number of rotatable bonds is 5. The molecule has 0 aliphatic heterocycles. The fourth-order valence-electron chi connectivity index (χ4n) is 0.538. The lowest BCUT2D eigenvalue weighted by Crippen LogP contribution is -1.73. The number of hydrogen-bond acceptors (Lipinski definition) is 0. The van der Waals surface area contributed by atoms with E-state index in [1.807, 2.05) is 0 Å². The molecule has 0 aliphatic rings. The first-order valence-electron chi connectivity index (χ1n) is 3.18. The van der Waals surface area contributed by atoms with Gasteiger partial charge in [0.1, 0.15) is 0 Å². The smallest absolute Gasteiger partial charge is 0.0212 e. The Morgan fingerprint density at radius 1 is 1.22 bits per heavy atom. The van der Waals surface area contributed by atoms with Crippen molar-refractivity contribution in [2.45, 2.75) is 19.3 Å². The Bertz CT molecular complexity index is 71.3. The summed E-state index contributed by atoms with van der Waals surface area (Å²) in [6.45, 7) is 0. The third-order valence-electron chi connectivity index (χ3n) is 1.01. The van der Waals surface area contributed by atoms with Crippen LogP contribution in [0.5, 0.6) is 0 Å². The molecule has 0 bridgehead atoms. The zero-order valence-electron chi connectivity index (χ0n) is 5.45. The Morgan fingerprint density at radius 3 is 2.56 bits per heavy atom. The molecule has 0 aromatic carbocycles. The average Bonchev–Trinajstić information content (AvgIpc) is 1.89. The predicted molar refractivity (Wildman–Crippen MR) is 55.7 cm³/mol. The van der Waals surface area contributed by atoms with Crippen molar-refractivity contribution >= 4 is 38.5 Å². The van der Waals surface area contributed by atoms with Gasteiger partial charge in [-0.05, 0) is 23.7 Å². The minimum atomic E-state index is 0.997. The second-order valence-corrected chi connectivity index (χ2v) is 3.54. The summed E-state index contributed by atoms with van der Waals surface area (Å²) in [6.07, 6.45) is 8.34. The summed E-state index contributed by atoms with van der Waals surface area (Å²) in [6, 6.07) is 0. The molecule has 0 atom stereocenters. The van der Waals surface area contributed by atoms with Crippen LogP contribution in [0.2, 0.25) is 0 Å². The highest BCUT2D eigenvalue weighted by atomic mass is 127. The van der Waals surface area contributed by atoms with Crippen molar-refractivity contribution in [2.75, 3.05) is 9.76 Å². The summed E-state index contributed by atoms with van der Waals surface area (Å²) in [4.78, 5) is 0. The van der Waals surface area contributed by atoms with Crippen molar-refractivity contribution < 1.29 is 0 Å². The highest BCUT2D eigenvalue weighted by Crippen LogP contribution is 1.99. The fraction of sp³-hybridized carbons (Fsp3) is 0.714. The number of halogens is 2. The van der Waals surface area contributed by atoms with Gasteiger partial charge < -0.3 is 0 Å². The van der Waals surface area contributed by atoms with Crippen LogP contribution in [-0.4, -0.2) is 9.76 Å². The lowest BCUT2D eigenvalue weighted by molar-refractivity contribution is 0.830. The molecule has 0 N–H and O–H groups in total. The Balaban J connectivity index is 2.82. The Morgan fingerprint density at radius 2 is 2.00 bits per heavy atom. The van der Waals surface area contributed by atoms with Gasteiger partial charge in [-0.1, -0.05) is 50.7 Å². The van der Waals surface area contributed by atoms with Crippen LogP contribution in [0, 0.1) is 0 Å². The molecule has 0 heterocycles. The number of allylic oxidation sites excluding steroid dienone is 2. The Kier molecular flexibility index (Phi) is 9.89. The van der Waals surface area contributed by atoms with Crippen LogP contribution in [0.1, 0.15) is 19.3 Å². The molecule has 0 amide bonds. The molecule has 0 saturated carbocycles. The van der Waals surface area contributed by atoms with Crippen LogP contribution < -0.4 is 0 Å². The zero-order valence-corrected chi connectivity index (χ0v) is 9.19. The molecule has 9 heavy (non-hydrogen) atoms. The van der Waals surface area contributed by atoms with Gasteiger partial charge in [-0.15, -0.1) is 0 Å². The van der Waals surface area contributed by atoms with Crippen LogP contribution in [0.4, 0.5) is 0 Å². The lowest BCUT2D eigenvalue weighted by atomic mass is 10.2. The van der Waals surface area contributed by atoms with Crippen LogP contribution in [0.25, 0.3) is 0 Å². The highest BCUT2D eigenvalue weighted by molar-refractivity contribution is 14.1. The van der Waals surface area contributed by atoms with E-state index in [-0.39, 0.29) is 0 Å². The molecule has 0 unspecified atom stereocenters. The molecule has 0 aromatic rings. The van der Waals surface area contributed by atoms with E-state index in [0.717, 1.165) is 5.33 Å². The first kappa shape index (κ1) is 9.95. The van der Waals surface area contributed by atoms with Crippen molar-refractivity contribution in [3.63, 3.8) is 0 Å². The summed E-state index contributed by atoms with van der Waals surface area (Å²) in [5, 5.41) is 0.997. The van der Waals surface area contributed by atoms with Gasteiger partial charge in [-0.3, -0.25) is 0 Å². The highest BCUT2D eigenvalue weighted by Gasteiger charge is 1.80. The van der Waals surface area contributed by atoms with Gasteiger partial charge in [-0.2, -0.15) is 0 Å². The van der Waals surface area contributed by atoms with Crippen molar-refractivity contribution in [2.24, 2.45) is 0 Å². The normalized spacial score (nSPS) is 10.9. The molecule has 2 heteroatoms. The molecule has 0 rings (SSSR count). The molecule has 0 aliphatic carbocycles. The third-order valence-corrected chi connectivity index (χ3v) is 2.15. The van der Waals surface area contributed by atoms with Crippen LogP contribution in [0.15, 0.2) is 12.2 Å². The number of hydrogen-bond donors (Lipinski definition) is 0. The summed E-state index contributed by atoms with van der Waals surface area (Å²) in [5.74, 6) is 0. The van der Waals surface area contributed by atoms with Gasteiger partial charge in [0, 0.05) is 5.33 Å². The monoisotopic (exact) mass is 302 g/mol. The van der Waals surface area contributed by atoms with E-state index in [9.17, 15) is 0 Å². The van der Waals surface area contributed by atoms with E-state index >= 15 is 0 Å². The number of alkyl halides is 2.